The van der Waals surface area contributed by atoms with Crippen LogP contribution in [-0.4, -0.2) is 29.6 Å². The predicted octanol–water partition coefficient (Wildman–Crippen LogP) is 2.86. The van der Waals surface area contributed by atoms with Crippen molar-refractivity contribution in [2.75, 3.05) is 19.6 Å². The summed E-state index contributed by atoms with van der Waals surface area (Å²) in [6.07, 6.45) is 4.68. The van der Waals surface area contributed by atoms with Gasteiger partial charge in [0.15, 0.2) is 0 Å². The lowest BCUT2D eigenvalue weighted by atomic mass is 9.78. The first-order valence-electron chi connectivity index (χ1n) is 7.65. The lowest BCUT2D eigenvalue weighted by molar-refractivity contribution is 0.165. The van der Waals surface area contributed by atoms with Crippen molar-refractivity contribution in [3.63, 3.8) is 0 Å². The van der Waals surface area contributed by atoms with Gasteiger partial charge in [0, 0.05) is 37.1 Å². The summed E-state index contributed by atoms with van der Waals surface area (Å²) in [4.78, 5) is 4.59. The molecule has 2 bridgehead atoms. The highest BCUT2D eigenvalue weighted by Crippen LogP contribution is 2.38. The third kappa shape index (κ3) is 1.93. The van der Waals surface area contributed by atoms with Gasteiger partial charge in [0.1, 0.15) is 0 Å². The summed E-state index contributed by atoms with van der Waals surface area (Å²) in [7, 11) is 0. The van der Waals surface area contributed by atoms with E-state index in [2.05, 4.69) is 52.8 Å². The van der Waals surface area contributed by atoms with Crippen LogP contribution >= 0.6 is 0 Å². The Morgan fingerprint density at radius 1 is 1.20 bits per heavy atom. The molecule has 3 aliphatic rings. The Morgan fingerprint density at radius 3 is 2.85 bits per heavy atom. The van der Waals surface area contributed by atoms with E-state index in [1.165, 1.54) is 42.4 Å². The topological polar surface area (TPSA) is 28.2 Å². The highest BCUT2D eigenvalue weighted by Gasteiger charge is 2.33. The van der Waals surface area contributed by atoms with Gasteiger partial charge in [-0.3, -0.25) is 10.4 Å². The second-order valence-electron chi connectivity index (χ2n) is 6.17. The third-order valence-electron chi connectivity index (χ3n) is 5.03. The Hall–Kier alpha value is -1.45. The van der Waals surface area contributed by atoms with E-state index in [4.69, 9.17) is 0 Å². The second kappa shape index (κ2) is 4.83. The minimum atomic E-state index is 0.621. The van der Waals surface area contributed by atoms with E-state index in [0.29, 0.717) is 5.92 Å². The number of para-hydroxylation sites is 1. The number of benzene rings is 1. The molecule has 20 heavy (non-hydrogen) atoms. The van der Waals surface area contributed by atoms with Gasteiger partial charge in [-0.1, -0.05) is 18.2 Å². The molecule has 2 aromatic rings. The Morgan fingerprint density at radius 2 is 2.00 bits per heavy atom. The summed E-state index contributed by atoms with van der Waals surface area (Å²) < 4.78 is 0. The zero-order valence-corrected chi connectivity index (χ0v) is 12.0. The van der Waals surface area contributed by atoms with Crippen molar-refractivity contribution in [2.24, 2.45) is 5.92 Å². The van der Waals surface area contributed by atoms with Crippen LogP contribution in [0.15, 0.2) is 30.5 Å². The monoisotopic (exact) mass is 267 g/mol. The summed E-state index contributed by atoms with van der Waals surface area (Å²) in [5.41, 5.74) is 7.63. The molecule has 104 valence electrons. The first kappa shape index (κ1) is 12.3. The van der Waals surface area contributed by atoms with E-state index in [0.717, 1.165) is 18.0 Å². The zero-order valence-electron chi connectivity index (χ0n) is 12.0. The molecular formula is C17H21N3. The fourth-order valence-corrected chi connectivity index (χ4v) is 3.95. The van der Waals surface area contributed by atoms with Crippen molar-refractivity contribution in [1.29, 1.82) is 0 Å². The SMILES string of the molecule is Cc1cnc2ccccc2c1C1CNN2CCC1CC2. The molecule has 0 amide bonds. The van der Waals surface area contributed by atoms with Gasteiger partial charge >= 0.3 is 0 Å². The molecule has 1 atom stereocenters. The van der Waals surface area contributed by atoms with Crippen LogP contribution in [0, 0.1) is 12.8 Å². The largest absolute Gasteiger partial charge is 0.256 e. The van der Waals surface area contributed by atoms with Gasteiger partial charge in [-0.2, -0.15) is 0 Å². The minimum absolute atomic E-state index is 0.621. The summed E-state index contributed by atoms with van der Waals surface area (Å²) in [5.74, 6) is 1.43. The maximum absolute atomic E-state index is 4.59. The van der Waals surface area contributed by atoms with E-state index in [-0.39, 0.29) is 0 Å². The number of hydrogen-bond acceptors (Lipinski definition) is 3. The highest BCUT2D eigenvalue weighted by molar-refractivity contribution is 5.83. The molecule has 3 nitrogen and oxygen atoms in total. The standard InChI is InChI=1S/C17H21N3/c1-12-10-18-16-5-3-2-4-14(16)17(12)15-11-19-20-8-6-13(15)7-9-20/h2-5,10,13,15,19H,6-9,11H2,1H3. The maximum atomic E-state index is 4.59. The van der Waals surface area contributed by atoms with Gasteiger partial charge in [-0.25, -0.2) is 5.01 Å². The number of fused-ring (bicyclic) bond motifs is 5. The Kier molecular flexibility index (Phi) is 2.97. The number of piperidine rings is 1. The molecule has 3 heteroatoms. The van der Waals surface area contributed by atoms with Gasteiger partial charge in [0.25, 0.3) is 0 Å². The van der Waals surface area contributed by atoms with Crippen LogP contribution in [0.1, 0.15) is 29.9 Å². The van der Waals surface area contributed by atoms with E-state index >= 15 is 0 Å². The van der Waals surface area contributed by atoms with E-state index in [1.54, 1.807) is 0 Å². The number of pyridine rings is 1. The molecule has 3 fully saturated rings. The third-order valence-corrected chi connectivity index (χ3v) is 5.03. The Balaban J connectivity index is 1.86. The smallest absolute Gasteiger partial charge is 0.0705 e. The number of nitrogens with one attached hydrogen (secondary N) is 1. The van der Waals surface area contributed by atoms with Gasteiger partial charge in [0.2, 0.25) is 0 Å². The maximum Gasteiger partial charge on any atom is 0.0705 e. The Labute approximate surface area is 120 Å². The molecule has 0 saturated carbocycles. The van der Waals surface area contributed by atoms with Crippen LogP contribution in [0.25, 0.3) is 10.9 Å². The minimum Gasteiger partial charge on any atom is -0.256 e. The predicted molar refractivity (Wildman–Crippen MR) is 81.5 cm³/mol. The van der Waals surface area contributed by atoms with Gasteiger partial charge in [0.05, 0.1) is 5.52 Å². The molecule has 3 saturated heterocycles. The summed E-state index contributed by atoms with van der Waals surface area (Å²) in [6.45, 7) is 5.68. The number of aromatic nitrogens is 1. The number of hydrazine groups is 1. The number of hydrogen-bond donors (Lipinski definition) is 1. The molecule has 0 spiro atoms. The molecule has 5 rings (SSSR count). The van der Waals surface area contributed by atoms with Crippen LogP contribution in [-0.2, 0) is 0 Å². The number of rotatable bonds is 1. The van der Waals surface area contributed by atoms with E-state index in [1.807, 2.05) is 0 Å². The average molecular weight is 267 g/mol. The van der Waals surface area contributed by atoms with Gasteiger partial charge < -0.3 is 0 Å². The first-order chi connectivity index (χ1) is 9.83. The van der Waals surface area contributed by atoms with Crippen LogP contribution in [0.4, 0.5) is 0 Å². The Bertz CT molecular complexity index is 629. The molecule has 1 aromatic carbocycles. The summed E-state index contributed by atoms with van der Waals surface area (Å²) in [5, 5.41) is 3.74. The van der Waals surface area contributed by atoms with Crippen LogP contribution in [0.2, 0.25) is 0 Å². The van der Waals surface area contributed by atoms with Crippen LogP contribution in [0.3, 0.4) is 0 Å². The normalized spacial score (nSPS) is 29.6. The lowest BCUT2D eigenvalue weighted by Gasteiger charge is -2.29. The molecule has 1 aromatic heterocycles. The van der Waals surface area contributed by atoms with E-state index in [9.17, 15) is 0 Å². The quantitative estimate of drug-likeness (QED) is 0.861. The van der Waals surface area contributed by atoms with Crippen LogP contribution in [0.5, 0.6) is 0 Å². The van der Waals surface area contributed by atoms with Gasteiger partial charge in [-0.05, 0) is 42.9 Å². The van der Waals surface area contributed by atoms with E-state index < -0.39 is 0 Å². The fraction of sp³-hybridized carbons (Fsp3) is 0.471. The second-order valence-corrected chi connectivity index (χ2v) is 6.17. The number of aryl methyl sites for hydroxylation is 1. The highest BCUT2D eigenvalue weighted by atomic mass is 15.5. The summed E-state index contributed by atoms with van der Waals surface area (Å²) >= 11 is 0. The molecule has 1 N–H and O–H groups in total. The first-order valence-corrected chi connectivity index (χ1v) is 7.65. The van der Waals surface area contributed by atoms with Crippen molar-refractivity contribution in [3.05, 3.63) is 41.6 Å². The van der Waals surface area contributed by atoms with Crippen LogP contribution < -0.4 is 5.43 Å². The molecule has 4 heterocycles. The molecular weight excluding hydrogens is 246 g/mol. The van der Waals surface area contributed by atoms with Crippen molar-refractivity contribution in [2.45, 2.75) is 25.7 Å². The zero-order chi connectivity index (χ0) is 13.5. The van der Waals surface area contributed by atoms with Crippen molar-refractivity contribution < 1.29 is 0 Å². The lowest BCUT2D eigenvalue weighted by Crippen LogP contribution is -2.39. The molecule has 0 aliphatic carbocycles. The fourth-order valence-electron chi connectivity index (χ4n) is 3.95. The average Bonchev–Trinajstić information content (AvgIpc) is 2.81. The van der Waals surface area contributed by atoms with Gasteiger partial charge in [-0.15, -0.1) is 0 Å². The molecule has 1 unspecified atom stereocenters. The van der Waals surface area contributed by atoms with Crippen molar-refractivity contribution >= 4 is 10.9 Å². The molecule has 0 radical (unpaired) electrons. The number of nitrogens with zero attached hydrogens (tertiary/aromatic N) is 2. The van der Waals surface area contributed by atoms with Crippen molar-refractivity contribution in [3.8, 4) is 0 Å². The molecule has 3 aliphatic heterocycles. The summed E-state index contributed by atoms with van der Waals surface area (Å²) in [6, 6.07) is 8.58. The van der Waals surface area contributed by atoms with Crippen molar-refractivity contribution in [1.82, 2.24) is 15.4 Å².